The minimum absolute atomic E-state index is 0.0146. The van der Waals surface area contributed by atoms with Crippen molar-refractivity contribution in [2.45, 2.75) is 6.61 Å². The number of hydrogen-bond donors (Lipinski definition) is 1. The molecule has 66 valence electrons. The minimum atomic E-state index is 0.0146. The van der Waals surface area contributed by atoms with Crippen LogP contribution >= 0.6 is 0 Å². The zero-order valence-electron chi connectivity index (χ0n) is 7.10. The Morgan fingerprint density at radius 3 is 2.54 bits per heavy atom. The quantitative estimate of drug-likeness (QED) is 0.758. The number of benzene rings is 1. The molecular formula is C11H10O2. The van der Waals surface area contributed by atoms with Crippen molar-refractivity contribution in [1.82, 2.24) is 0 Å². The van der Waals surface area contributed by atoms with Crippen LogP contribution in [0.4, 0.5) is 0 Å². The van der Waals surface area contributed by atoms with Crippen LogP contribution in [-0.4, -0.2) is 5.11 Å². The third-order valence-electron chi connectivity index (χ3n) is 2.00. The second-order valence-electron chi connectivity index (χ2n) is 2.83. The lowest BCUT2D eigenvalue weighted by Gasteiger charge is -1.98. The largest absolute Gasteiger partial charge is 0.472 e. The van der Waals surface area contributed by atoms with Gasteiger partial charge in [0.15, 0.2) is 0 Å². The van der Waals surface area contributed by atoms with Gasteiger partial charge in [-0.05, 0) is 5.56 Å². The molecular weight excluding hydrogens is 164 g/mol. The van der Waals surface area contributed by atoms with Crippen molar-refractivity contribution >= 4 is 0 Å². The van der Waals surface area contributed by atoms with Crippen molar-refractivity contribution in [2.75, 3.05) is 0 Å². The highest BCUT2D eigenvalue weighted by Gasteiger charge is 2.05. The molecule has 0 saturated heterocycles. The van der Waals surface area contributed by atoms with Gasteiger partial charge >= 0.3 is 0 Å². The lowest BCUT2D eigenvalue weighted by Crippen LogP contribution is -1.82. The first-order valence-electron chi connectivity index (χ1n) is 4.13. The molecule has 0 amide bonds. The summed E-state index contributed by atoms with van der Waals surface area (Å²) >= 11 is 0. The summed E-state index contributed by atoms with van der Waals surface area (Å²) in [5.74, 6) is 0. The smallest absolute Gasteiger partial charge is 0.0984 e. The van der Waals surface area contributed by atoms with Gasteiger partial charge in [0.2, 0.25) is 0 Å². The van der Waals surface area contributed by atoms with Gasteiger partial charge in [-0.1, -0.05) is 30.3 Å². The van der Waals surface area contributed by atoms with Crippen molar-refractivity contribution in [3.63, 3.8) is 0 Å². The van der Waals surface area contributed by atoms with Crippen molar-refractivity contribution in [3.05, 3.63) is 48.4 Å². The first-order chi connectivity index (χ1) is 6.42. The first kappa shape index (κ1) is 8.08. The lowest BCUT2D eigenvalue weighted by molar-refractivity contribution is 0.281. The maximum absolute atomic E-state index is 9.01. The van der Waals surface area contributed by atoms with E-state index in [1.54, 1.807) is 12.5 Å². The highest BCUT2D eigenvalue weighted by Crippen LogP contribution is 2.24. The highest BCUT2D eigenvalue weighted by atomic mass is 16.3. The van der Waals surface area contributed by atoms with Crippen LogP contribution in [0.3, 0.4) is 0 Å². The van der Waals surface area contributed by atoms with E-state index < -0.39 is 0 Å². The molecule has 0 aliphatic rings. The average molecular weight is 174 g/mol. The van der Waals surface area contributed by atoms with Crippen LogP contribution in [0.15, 0.2) is 47.3 Å². The summed E-state index contributed by atoms with van der Waals surface area (Å²) in [4.78, 5) is 0. The second kappa shape index (κ2) is 3.46. The van der Waals surface area contributed by atoms with Crippen LogP contribution < -0.4 is 0 Å². The van der Waals surface area contributed by atoms with Gasteiger partial charge in [-0.15, -0.1) is 0 Å². The zero-order valence-corrected chi connectivity index (χ0v) is 7.10. The van der Waals surface area contributed by atoms with Crippen LogP contribution in [0.1, 0.15) is 5.56 Å². The number of aliphatic hydroxyl groups excluding tert-OH is 1. The number of rotatable bonds is 2. The van der Waals surface area contributed by atoms with Crippen LogP contribution in [0, 0.1) is 0 Å². The summed E-state index contributed by atoms with van der Waals surface area (Å²) < 4.78 is 5.03. The molecule has 0 atom stereocenters. The molecule has 2 nitrogen and oxygen atoms in total. The second-order valence-corrected chi connectivity index (χ2v) is 2.83. The van der Waals surface area contributed by atoms with Crippen LogP contribution in [-0.2, 0) is 6.61 Å². The number of furan rings is 1. The molecule has 0 spiro atoms. The predicted octanol–water partition coefficient (Wildman–Crippen LogP) is 2.44. The van der Waals surface area contributed by atoms with E-state index in [0.29, 0.717) is 0 Å². The van der Waals surface area contributed by atoms with E-state index in [4.69, 9.17) is 9.52 Å². The normalized spacial score (nSPS) is 10.2. The monoisotopic (exact) mass is 174 g/mol. The van der Waals surface area contributed by atoms with Gasteiger partial charge in [0.05, 0.1) is 19.1 Å². The van der Waals surface area contributed by atoms with Crippen molar-refractivity contribution in [1.29, 1.82) is 0 Å². The predicted molar refractivity (Wildman–Crippen MR) is 50.1 cm³/mol. The molecule has 0 aliphatic carbocycles. The van der Waals surface area contributed by atoms with E-state index in [-0.39, 0.29) is 6.61 Å². The molecule has 2 aromatic rings. The van der Waals surface area contributed by atoms with Gasteiger partial charge in [0.25, 0.3) is 0 Å². The molecule has 0 radical (unpaired) electrons. The third-order valence-corrected chi connectivity index (χ3v) is 2.00. The van der Waals surface area contributed by atoms with Gasteiger partial charge < -0.3 is 9.52 Å². The fourth-order valence-electron chi connectivity index (χ4n) is 1.32. The average Bonchev–Trinajstić information content (AvgIpc) is 2.67. The van der Waals surface area contributed by atoms with E-state index >= 15 is 0 Å². The fourth-order valence-corrected chi connectivity index (χ4v) is 1.32. The Morgan fingerprint density at radius 1 is 1.08 bits per heavy atom. The summed E-state index contributed by atoms with van der Waals surface area (Å²) in [6.45, 7) is 0.0146. The number of hydrogen-bond acceptors (Lipinski definition) is 2. The van der Waals surface area contributed by atoms with Crippen molar-refractivity contribution < 1.29 is 9.52 Å². The lowest BCUT2D eigenvalue weighted by atomic mass is 10.1. The molecule has 1 aromatic heterocycles. The molecule has 1 aromatic carbocycles. The number of aliphatic hydroxyl groups is 1. The van der Waals surface area contributed by atoms with Gasteiger partial charge in [0.1, 0.15) is 0 Å². The molecule has 2 heteroatoms. The maximum Gasteiger partial charge on any atom is 0.0984 e. The van der Waals surface area contributed by atoms with Gasteiger partial charge in [-0.2, -0.15) is 0 Å². The van der Waals surface area contributed by atoms with E-state index in [2.05, 4.69) is 0 Å². The molecule has 0 aliphatic heterocycles. The Hall–Kier alpha value is -1.54. The molecule has 0 unspecified atom stereocenters. The summed E-state index contributed by atoms with van der Waals surface area (Å²) in [6, 6.07) is 9.86. The third kappa shape index (κ3) is 1.48. The molecule has 13 heavy (non-hydrogen) atoms. The summed E-state index contributed by atoms with van der Waals surface area (Å²) in [7, 11) is 0. The molecule has 1 N–H and O–H groups in total. The summed E-state index contributed by atoms with van der Waals surface area (Å²) in [5, 5.41) is 9.01. The van der Waals surface area contributed by atoms with E-state index in [0.717, 1.165) is 16.7 Å². The Morgan fingerprint density at radius 2 is 1.85 bits per heavy atom. The molecule has 1 heterocycles. The molecule has 0 bridgehead atoms. The van der Waals surface area contributed by atoms with Crippen molar-refractivity contribution in [2.24, 2.45) is 0 Å². The van der Waals surface area contributed by atoms with E-state index in [9.17, 15) is 0 Å². The summed E-state index contributed by atoms with van der Waals surface area (Å²) in [6.07, 6.45) is 3.23. The van der Waals surface area contributed by atoms with Gasteiger partial charge in [-0.3, -0.25) is 0 Å². The van der Waals surface area contributed by atoms with E-state index in [1.165, 1.54) is 0 Å². The molecule has 0 fully saturated rings. The highest BCUT2D eigenvalue weighted by molar-refractivity contribution is 5.65. The zero-order chi connectivity index (χ0) is 9.10. The fraction of sp³-hybridized carbons (Fsp3) is 0.0909. The van der Waals surface area contributed by atoms with Crippen LogP contribution in [0.25, 0.3) is 11.1 Å². The Balaban J connectivity index is 2.47. The summed E-state index contributed by atoms with van der Waals surface area (Å²) in [5.41, 5.74) is 2.86. The Labute approximate surface area is 76.4 Å². The standard InChI is InChI=1S/C11H10O2/c12-6-10-7-13-8-11(10)9-4-2-1-3-5-9/h1-5,7-8,12H,6H2. The Bertz CT molecular complexity index is 376. The minimum Gasteiger partial charge on any atom is -0.472 e. The Kier molecular flexibility index (Phi) is 2.15. The molecule has 0 saturated carbocycles. The SMILES string of the molecule is OCc1cocc1-c1ccccc1. The maximum atomic E-state index is 9.01. The van der Waals surface area contributed by atoms with Crippen molar-refractivity contribution in [3.8, 4) is 11.1 Å². The topological polar surface area (TPSA) is 33.4 Å². The molecule has 2 rings (SSSR count). The van der Waals surface area contributed by atoms with Crippen LogP contribution in [0.5, 0.6) is 0 Å². The van der Waals surface area contributed by atoms with Gasteiger partial charge in [0, 0.05) is 11.1 Å². The van der Waals surface area contributed by atoms with Gasteiger partial charge in [-0.25, -0.2) is 0 Å². The first-order valence-corrected chi connectivity index (χ1v) is 4.13. The van der Waals surface area contributed by atoms with Crippen LogP contribution in [0.2, 0.25) is 0 Å². The van der Waals surface area contributed by atoms with E-state index in [1.807, 2.05) is 30.3 Å².